The molecular formula is C41H42ClN3O4. The summed E-state index contributed by atoms with van der Waals surface area (Å²) >= 11 is 6.29. The van der Waals surface area contributed by atoms with Crippen molar-refractivity contribution in [1.82, 2.24) is 5.32 Å². The quantitative estimate of drug-likeness (QED) is 0.122. The number of carbonyl (C=O) groups excluding carboxylic acids is 1. The third kappa shape index (κ3) is 9.42. The first-order valence-corrected chi connectivity index (χ1v) is 16.5. The number of aliphatic carboxylic acids is 1. The molecule has 7 nitrogen and oxygen atoms in total. The van der Waals surface area contributed by atoms with Crippen LogP contribution in [-0.2, 0) is 23.2 Å². The molecule has 0 aliphatic carbocycles. The number of carboxylic acid groups (broad SMARTS) is 1. The lowest BCUT2D eigenvalue weighted by Crippen LogP contribution is -2.42. The van der Waals surface area contributed by atoms with E-state index >= 15 is 0 Å². The molecule has 5 aromatic carbocycles. The Balaban J connectivity index is 1.23. The van der Waals surface area contributed by atoms with E-state index in [1.807, 2.05) is 79.7 Å². The second kappa shape index (κ2) is 15.3. The van der Waals surface area contributed by atoms with Crippen LogP contribution in [0.25, 0.3) is 11.1 Å². The number of anilines is 2. The van der Waals surface area contributed by atoms with Gasteiger partial charge >= 0.3 is 5.97 Å². The zero-order valence-electron chi connectivity index (χ0n) is 28.5. The van der Waals surface area contributed by atoms with Crippen LogP contribution in [-0.4, -0.2) is 37.1 Å². The van der Waals surface area contributed by atoms with Crippen molar-refractivity contribution in [3.05, 3.63) is 143 Å². The maximum absolute atomic E-state index is 13.5. The molecule has 0 aromatic heterocycles. The molecule has 0 heterocycles. The Kier molecular flexibility index (Phi) is 10.9. The van der Waals surface area contributed by atoms with Crippen LogP contribution in [0.3, 0.4) is 0 Å². The maximum Gasteiger partial charge on any atom is 0.326 e. The predicted molar refractivity (Wildman–Crippen MR) is 199 cm³/mol. The molecule has 8 heteroatoms. The van der Waals surface area contributed by atoms with Crippen molar-refractivity contribution < 1.29 is 19.4 Å². The lowest BCUT2D eigenvalue weighted by molar-refractivity contribution is -0.139. The Morgan fingerprint density at radius 3 is 2.06 bits per heavy atom. The Bertz CT molecular complexity index is 1900. The van der Waals surface area contributed by atoms with Gasteiger partial charge in [-0.05, 0) is 87.8 Å². The zero-order chi connectivity index (χ0) is 35.1. The highest BCUT2D eigenvalue weighted by Gasteiger charge is 2.23. The molecule has 0 spiro atoms. The number of hydrogen-bond donors (Lipinski definition) is 3. The van der Waals surface area contributed by atoms with Crippen LogP contribution in [0.5, 0.6) is 11.5 Å². The predicted octanol–water partition coefficient (Wildman–Crippen LogP) is 9.20. The summed E-state index contributed by atoms with van der Waals surface area (Å²) in [6.45, 7) is 6.92. The molecule has 252 valence electrons. The van der Waals surface area contributed by atoms with Crippen molar-refractivity contribution in [3.63, 3.8) is 0 Å². The molecule has 1 unspecified atom stereocenters. The molecule has 0 radical (unpaired) electrons. The standard InChI is InChI=1S/C41H42ClN3O4/c1-41(2,3)31-15-20-34(21-16-31)49-35-8-6-7-28(23-35)26-43-37-22-17-32(42)25-36(37)39(46)44-38(40(47)48)24-27-9-11-29(12-10-27)30-13-18-33(19-14-30)45(4)5/h6-23,25,38,43H,24,26H2,1-5H3,(H,44,46)(H,47,48). The summed E-state index contributed by atoms with van der Waals surface area (Å²) in [7, 11) is 3.99. The second-order valence-corrected chi connectivity index (χ2v) is 13.7. The van der Waals surface area contributed by atoms with Gasteiger partial charge in [0.15, 0.2) is 0 Å². The van der Waals surface area contributed by atoms with Crippen LogP contribution in [0.4, 0.5) is 11.4 Å². The fourth-order valence-electron chi connectivity index (χ4n) is 5.39. The van der Waals surface area contributed by atoms with Gasteiger partial charge in [-0.3, -0.25) is 4.79 Å². The number of hydrogen-bond acceptors (Lipinski definition) is 5. The van der Waals surface area contributed by atoms with Crippen molar-refractivity contribution in [2.45, 2.75) is 45.2 Å². The van der Waals surface area contributed by atoms with Crippen molar-refractivity contribution in [2.75, 3.05) is 24.3 Å². The second-order valence-electron chi connectivity index (χ2n) is 13.3. The molecular weight excluding hydrogens is 634 g/mol. The van der Waals surface area contributed by atoms with Gasteiger partial charge in [0, 0.05) is 43.5 Å². The third-order valence-electron chi connectivity index (χ3n) is 8.28. The van der Waals surface area contributed by atoms with Gasteiger partial charge in [0.05, 0.1) is 5.56 Å². The van der Waals surface area contributed by atoms with E-state index in [1.165, 1.54) is 11.6 Å². The Morgan fingerprint density at radius 2 is 1.45 bits per heavy atom. The summed E-state index contributed by atoms with van der Waals surface area (Å²) in [5, 5.41) is 16.4. The summed E-state index contributed by atoms with van der Waals surface area (Å²) in [4.78, 5) is 27.8. The Labute approximate surface area is 293 Å². The highest BCUT2D eigenvalue weighted by atomic mass is 35.5. The molecule has 0 aliphatic rings. The van der Waals surface area contributed by atoms with Crippen LogP contribution in [0.2, 0.25) is 5.02 Å². The highest BCUT2D eigenvalue weighted by molar-refractivity contribution is 6.31. The number of rotatable bonds is 12. The first-order valence-electron chi connectivity index (χ1n) is 16.2. The number of nitrogens with zero attached hydrogens (tertiary/aromatic N) is 1. The molecule has 0 aliphatic heterocycles. The summed E-state index contributed by atoms with van der Waals surface area (Å²) in [6, 6.07) is 35.5. The smallest absolute Gasteiger partial charge is 0.326 e. The molecule has 0 saturated carbocycles. The van der Waals surface area contributed by atoms with Gasteiger partial charge < -0.3 is 25.4 Å². The lowest BCUT2D eigenvalue weighted by Gasteiger charge is -2.19. The number of nitrogens with one attached hydrogen (secondary N) is 2. The SMILES string of the molecule is CN(C)c1ccc(-c2ccc(CC(NC(=O)c3cc(Cl)ccc3NCc3cccc(Oc4ccc(C(C)(C)C)cc4)c3)C(=O)O)cc2)cc1. The van der Waals surface area contributed by atoms with Crippen LogP contribution in [0, 0.1) is 0 Å². The minimum atomic E-state index is -1.14. The summed E-state index contributed by atoms with van der Waals surface area (Å²) in [5.74, 6) is -0.228. The van der Waals surface area contributed by atoms with Gasteiger partial charge in [-0.25, -0.2) is 4.79 Å². The molecule has 0 fully saturated rings. The summed E-state index contributed by atoms with van der Waals surface area (Å²) in [6.07, 6.45) is 0.121. The van der Waals surface area contributed by atoms with E-state index in [1.54, 1.807) is 12.1 Å². The fraction of sp³-hybridized carbons (Fsp3) is 0.220. The highest BCUT2D eigenvalue weighted by Crippen LogP contribution is 2.28. The van der Waals surface area contributed by atoms with Gasteiger partial charge in [0.25, 0.3) is 5.91 Å². The van der Waals surface area contributed by atoms with Crippen molar-refractivity contribution >= 4 is 34.9 Å². The molecule has 0 bridgehead atoms. The van der Waals surface area contributed by atoms with Gasteiger partial charge in [0.2, 0.25) is 0 Å². The van der Waals surface area contributed by atoms with Crippen molar-refractivity contribution in [3.8, 4) is 22.6 Å². The third-order valence-corrected chi connectivity index (χ3v) is 8.51. The van der Waals surface area contributed by atoms with Crippen molar-refractivity contribution in [2.24, 2.45) is 0 Å². The monoisotopic (exact) mass is 675 g/mol. The van der Waals surface area contributed by atoms with E-state index in [0.29, 0.717) is 23.0 Å². The van der Waals surface area contributed by atoms with Crippen LogP contribution < -0.4 is 20.3 Å². The van der Waals surface area contributed by atoms with E-state index in [-0.39, 0.29) is 17.4 Å². The minimum Gasteiger partial charge on any atom is -0.480 e. The average molecular weight is 676 g/mol. The number of ether oxygens (including phenoxy) is 1. The van der Waals surface area contributed by atoms with E-state index in [2.05, 4.69) is 67.8 Å². The molecule has 1 atom stereocenters. The van der Waals surface area contributed by atoms with E-state index in [0.717, 1.165) is 33.7 Å². The van der Waals surface area contributed by atoms with Gasteiger partial charge in [-0.15, -0.1) is 0 Å². The normalized spacial score (nSPS) is 11.8. The molecule has 0 saturated heterocycles. The van der Waals surface area contributed by atoms with E-state index in [4.69, 9.17) is 16.3 Å². The fourth-order valence-corrected chi connectivity index (χ4v) is 5.56. The van der Waals surface area contributed by atoms with Gasteiger partial charge in [-0.2, -0.15) is 0 Å². The molecule has 3 N–H and O–H groups in total. The average Bonchev–Trinajstić information content (AvgIpc) is 3.07. The molecule has 49 heavy (non-hydrogen) atoms. The van der Waals surface area contributed by atoms with Gasteiger partial charge in [0.1, 0.15) is 17.5 Å². The largest absolute Gasteiger partial charge is 0.480 e. The molecule has 1 amide bonds. The number of amides is 1. The first kappa shape index (κ1) is 35.0. The lowest BCUT2D eigenvalue weighted by atomic mass is 9.87. The zero-order valence-corrected chi connectivity index (χ0v) is 29.2. The van der Waals surface area contributed by atoms with Crippen LogP contribution >= 0.6 is 11.6 Å². The van der Waals surface area contributed by atoms with Crippen LogP contribution in [0.15, 0.2) is 115 Å². The first-order chi connectivity index (χ1) is 23.4. The van der Waals surface area contributed by atoms with E-state index in [9.17, 15) is 14.7 Å². The number of carboxylic acids is 1. The minimum absolute atomic E-state index is 0.0581. The Morgan fingerprint density at radius 1 is 0.796 bits per heavy atom. The number of carbonyl (C=O) groups is 2. The van der Waals surface area contributed by atoms with Crippen molar-refractivity contribution in [1.29, 1.82) is 0 Å². The summed E-state index contributed by atoms with van der Waals surface area (Å²) in [5.41, 5.74) is 6.98. The summed E-state index contributed by atoms with van der Waals surface area (Å²) < 4.78 is 6.11. The van der Waals surface area contributed by atoms with Crippen LogP contribution in [0.1, 0.15) is 47.8 Å². The molecule has 5 rings (SSSR count). The van der Waals surface area contributed by atoms with Gasteiger partial charge in [-0.1, -0.05) is 93.0 Å². The number of benzene rings is 5. The maximum atomic E-state index is 13.5. The van der Waals surface area contributed by atoms with E-state index < -0.39 is 17.9 Å². The topological polar surface area (TPSA) is 90.9 Å². The Hall–Kier alpha value is -5.27. The number of halogens is 1. The molecule has 5 aromatic rings.